The van der Waals surface area contributed by atoms with E-state index in [9.17, 15) is 9.18 Å². The Kier molecular flexibility index (Phi) is 7.85. The van der Waals surface area contributed by atoms with Gasteiger partial charge >= 0.3 is 0 Å². The third-order valence-electron chi connectivity index (χ3n) is 6.47. The summed E-state index contributed by atoms with van der Waals surface area (Å²) in [5.41, 5.74) is 1.69. The molecule has 2 aromatic heterocycles. The lowest BCUT2D eigenvalue weighted by molar-refractivity contribution is 0.277. The van der Waals surface area contributed by atoms with E-state index >= 15 is 0 Å². The number of ether oxygens (including phenoxy) is 2. The molecule has 6 rings (SSSR count). The van der Waals surface area contributed by atoms with Crippen LogP contribution in [0.4, 0.5) is 4.39 Å². The standard InChI is InChI=1S/C31H19Br2ClFN3O4/c1-40-25-14-19(27(32)28(33)29(25)41-16-17-6-2-4-8-22(17)35)15-36-38-30(37-23-9-5-3-7-21(23)31(38)39)26-13-18-12-20(34)10-11-24(18)42-26/h2-15H,16H2,1H3. The maximum atomic E-state index is 14.1. The predicted molar refractivity (Wildman–Crippen MR) is 168 cm³/mol. The molecule has 0 spiro atoms. The smallest absolute Gasteiger partial charge is 0.282 e. The fourth-order valence-electron chi connectivity index (χ4n) is 4.38. The van der Waals surface area contributed by atoms with E-state index in [-0.39, 0.29) is 23.8 Å². The first-order valence-corrected chi connectivity index (χ1v) is 14.5. The van der Waals surface area contributed by atoms with Gasteiger partial charge in [-0.1, -0.05) is 41.9 Å². The van der Waals surface area contributed by atoms with Gasteiger partial charge in [0.05, 0.1) is 28.7 Å². The summed E-state index contributed by atoms with van der Waals surface area (Å²) in [5, 5.41) is 6.25. The largest absolute Gasteiger partial charge is 0.493 e. The lowest BCUT2D eigenvalue weighted by Crippen LogP contribution is -2.20. The summed E-state index contributed by atoms with van der Waals surface area (Å²) < 4.78 is 34.0. The molecule has 0 bridgehead atoms. The average molecular weight is 712 g/mol. The molecule has 0 saturated carbocycles. The molecule has 0 aliphatic rings. The Labute approximate surface area is 260 Å². The molecule has 210 valence electrons. The number of aromatic nitrogens is 2. The number of methoxy groups -OCH3 is 1. The third kappa shape index (κ3) is 5.33. The highest BCUT2D eigenvalue weighted by molar-refractivity contribution is 9.13. The number of para-hydroxylation sites is 1. The van der Waals surface area contributed by atoms with Gasteiger partial charge in [-0.15, -0.1) is 0 Å². The van der Waals surface area contributed by atoms with E-state index in [1.165, 1.54) is 24.1 Å². The van der Waals surface area contributed by atoms with Crippen LogP contribution in [0.5, 0.6) is 11.5 Å². The van der Waals surface area contributed by atoms with Crippen LogP contribution >= 0.6 is 43.5 Å². The first-order valence-electron chi connectivity index (χ1n) is 12.5. The fourth-order valence-corrected chi connectivity index (χ4v) is 5.50. The highest BCUT2D eigenvalue weighted by Crippen LogP contribution is 2.43. The molecule has 0 unspecified atom stereocenters. The fraction of sp³-hybridized carbons (Fsp3) is 0.0645. The molecule has 0 fully saturated rings. The Balaban J connectivity index is 1.43. The normalized spacial score (nSPS) is 11.5. The summed E-state index contributed by atoms with van der Waals surface area (Å²) >= 11 is 13.3. The van der Waals surface area contributed by atoms with Crippen molar-refractivity contribution in [3.8, 4) is 23.1 Å². The second-order valence-electron chi connectivity index (χ2n) is 9.11. The Morgan fingerprint density at radius 2 is 1.83 bits per heavy atom. The second-order valence-corrected chi connectivity index (χ2v) is 11.1. The third-order valence-corrected chi connectivity index (χ3v) is 8.85. The van der Waals surface area contributed by atoms with Gasteiger partial charge in [-0.3, -0.25) is 4.79 Å². The van der Waals surface area contributed by atoms with E-state index in [1.807, 2.05) is 0 Å². The summed E-state index contributed by atoms with van der Waals surface area (Å²) in [6.07, 6.45) is 1.50. The van der Waals surface area contributed by atoms with Crippen molar-refractivity contribution in [3.05, 3.63) is 120 Å². The Morgan fingerprint density at radius 3 is 2.64 bits per heavy atom. The Morgan fingerprint density at radius 1 is 1.05 bits per heavy atom. The predicted octanol–water partition coefficient (Wildman–Crippen LogP) is 8.60. The highest BCUT2D eigenvalue weighted by Gasteiger charge is 2.19. The topological polar surface area (TPSA) is 78.9 Å². The molecule has 0 saturated heterocycles. The maximum absolute atomic E-state index is 14.1. The molecule has 0 aliphatic heterocycles. The molecule has 42 heavy (non-hydrogen) atoms. The van der Waals surface area contributed by atoms with Gasteiger partial charge in [-0.05, 0) is 80.4 Å². The summed E-state index contributed by atoms with van der Waals surface area (Å²) in [6.45, 7) is -0.00820. The first kappa shape index (κ1) is 28.1. The van der Waals surface area contributed by atoms with Crippen LogP contribution in [-0.2, 0) is 6.61 Å². The van der Waals surface area contributed by atoms with Gasteiger partial charge in [0.15, 0.2) is 17.3 Å². The van der Waals surface area contributed by atoms with Crippen molar-refractivity contribution in [2.45, 2.75) is 6.61 Å². The van der Waals surface area contributed by atoms with Crippen LogP contribution in [0.25, 0.3) is 33.5 Å². The molecule has 2 heterocycles. The van der Waals surface area contributed by atoms with E-state index in [4.69, 9.17) is 30.5 Å². The van der Waals surface area contributed by atoms with Crippen molar-refractivity contribution in [1.82, 2.24) is 9.66 Å². The number of hydrogen-bond acceptors (Lipinski definition) is 6. The van der Waals surface area contributed by atoms with Crippen LogP contribution < -0.4 is 15.0 Å². The minimum absolute atomic E-state index is 0.00820. The number of benzene rings is 4. The number of hydrogen-bond donors (Lipinski definition) is 0. The van der Waals surface area contributed by atoms with Crippen molar-refractivity contribution in [2.75, 3.05) is 7.11 Å². The number of rotatable bonds is 7. The van der Waals surface area contributed by atoms with Gasteiger partial charge in [0, 0.05) is 26.0 Å². The van der Waals surface area contributed by atoms with Gasteiger partial charge in [0.25, 0.3) is 5.56 Å². The Bertz CT molecular complexity index is 2080. The zero-order chi connectivity index (χ0) is 29.4. The van der Waals surface area contributed by atoms with Crippen LogP contribution in [0.2, 0.25) is 5.02 Å². The lowest BCUT2D eigenvalue weighted by Gasteiger charge is -2.15. The number of halogens is 4. The molecular weight excluding hydrogens is 693 g/mol. The lowest BCUT2D eigenvalue weighted by atomic mass is 10.2. The minimum atomic E-state index is -0.377. The van der Waals surface area contributed by atoms with Crippen LogP contribution in [0, 0.1) is 5.82 Å². The number of furan rings is 1. The molecule has 11 heteroatoms. The molecule has 0 aliphatic carbocycles. The number of fused-ring (bicyclic) bond motifs is 2. The van der Waals surface area contributed by atoms with Gasteiger partial charge < -0.3 is 13.9 Å². The zero-order valence-electron chi connectivity index (χ0n) is 21.8. The quantitative estimate of drug-likeness (QED) is 0.155. The monoisotopic (exact) mass is 709 g/mol. The van der Waals surface area contributed by atoms with Crippen molar-refractivity contribution < 1.29 is 18.3 Å². The summed E-state index contributed by atoms with van der Waals surface area (Å²) in [5.74, 6) is 0.946. The summed E-state index contributed by atoms with van der Waals surface area (Å²) in [7, 11) is 1.50. The molecule has 4 aromatic carbocycles. The molecular formula is C31H19Br2ClFN3O4. The summed E-state index contributed by atoms with van der Waals surface area (Å²) in [4.78, 5) is 18.4. The van der Waals surface area contributed by atoms with Crippen LogP contribution in [0.15, 0.2) is 102 Å². The van der Waals surface area contributed by atoms with Gasteiger partial charge in [-0.25, -0.2) is 9.37 Å². The Hall–Kier alpha value is -3.99. The van der Waals surface area contributed by atoms with Crippen molar-refractivity contribution in [2.24, 2.45) is 5.10 Å². The average Bonchev–Trinajstić information content (AvgIpc) is 3.42. The molecule has 0 atom stereocenters. The molecule has 0 amide bonds. The van der Waals surface area contributed by atoms with Crippen molar-refractivity contribution in [1.29, 1.82) is 0 Å². The molecule has 7 nitrogen and oxygen atoms in total. The summed E-state index contributed by atoms with van der Waals surface area (Å²) in [6, 6.07) is 22.1. The van der Waals surface area contributed by atoms with Gasteiger partial charge in [0.2, 0.25) is 5.82 Å². The molecule has 0 radical (unpaired) electrons. The highest BCUT2D eigenvalue weighted by atomic mass is 79.9. The molecule has 6 aromatic rings. The van der Waals surface area contributed by atoms with Gasteiger partial charge in [0.1, 0.15) is 18.0 Å². The van der Waals surface area contributed by atoms with Crippen molar-refractivity contribution >= 4 is 71.5 Å². The van der Waals surface area contributed by atoms with Gasteiger partial charge in [-0.2, -0.15) is 9.78 Å². The minimum Gasteiger partial charge on any atom is -0.493 e. The van der Waals surface area contributed by atoms with Crippen LogP contribution in [-0.4, -0.2) is 23.0 Å². The van der Waals surface area contributed by atoms with Crippen LogP contribution in [0.3, 0.4) is 0 Å². The van der Waals surface area contributed by atoms with E-state index < -0.39 is 0 Å². The van der Waals surface area contributed by atoms with E-state index in [0.717, 1.165) is 5.39 Å². The van der Waals surface area contributed by atoms with E-state index in [2.05, 4.69) is 37.0 Å². The van der Waals surface area contributed by atoms with E-state index in [0.29, 0.717) is 58.8 Å². The SMILES string of the molecule is COc1cc(C=Nn2c(-c3cc4cc(Cl)ccc4o3)nc3ccccc3c2=O)c(Br)c(Br)c1OCc1ccccc1F. The van der Waals surface area contributed by atoms with E-state index in [1.54, 1.807) is 72.8 Å². The first-order chi connectivity index (χ1) is 20.3. The number of nitrogens with zero attached hydrogens (tertiary/aromatic N) is 3. The van der Waals surface area contributed by atoms with Crippen LogP contribution in [0.1, 0.15) is 11.1 Å². The second kappa shape index (κ2) is 11.7. The zero-order valence-corrected chi connectivity index (χ0v) is 25.7. The maximum Gasteiger partial charge on any atom is 0.282 e. The van der Waals surface area contributed by atoms with Crippen molar-refractivity contribution in [3.63, 3.8) is 0 Å². The molecule has 0 N–H and O–H groups in total.